The molecular formula is C14H15F3N2. The topological polar surface area (TPSA) is 35.8 Å². The number of halogens is 3. The van der Waals surface area contributed by atoms with Crippen molar-refractivity contribution in [2.24, 2.45) is 5.92 Å². The SMILES string of the molecule is C=C(Nc1ccc(C#N)c(C(F)(F)F)c1)C(C)CC. The highest BCUT2D eigenvalue weighted by molar-refractivity contribution is 5.55. The Morgan fingerprint density at radius 1 is 1.47 bits per heavy atom. The fourth-order valence-corrected chi connectivity index (χ4v) is 1.51. The van der Waals surface area contributed by atoms with Gasteiger partial charge in [-0.2, -0.15) is 18.4 Å². The molecule has 0 fully saturated rings. The molecule has 0 amide bonds. The molecule has 1 aromatic rings. The first-order valence-electron chi connectivity index (χ1n) is 5.86. The summed E-state index contributed by atoms with van der Waals surface area (Å²) in [4.78, 5) is 0. The van der Waals surface area contributed by atoms with Gasteiger partial charge in [0.15, 0.2) is 0 Å². The lowest BCUT2D eigenvalue weighted by Gasteiger charge is -2.17. The van der Waals surface area contributed by atoms with E-state index in [4.69, 9.17) is 5.26 Å². The van der Waals surface area contributed by atoms with Crippen molar-refractivity contribution in [3.8, 4) is 6.07 Å². The van der Waals surface area contributed by atoms with Crippen LogP contribution in [0.15, 0.2) is 30.5 Å². The predicted octanol–water partition coefficient (Wildman–Crippen LogP) is 4.55. The van der Waals surface area contributed by atoms with Crippen molar-refractivity contribution in [1.82, 2.24) is 0 Å². The van der Waals surface area contributed by atoms with Gasteiger partial charge in [0.25, 0.3) is 0 Å². The molecule has 102 valence electrons. The molecule has 1 atom stereocenters. The fraction of sp³-hybridized carbons (Fsp3) is 0.357. The molecule has 0 bridgehead atoms. The van der Waals surface area contributed by atoms with Crippen molar-refractivity contribution in [2.75, 3.05) is 5.32 Å². The number of anilines is 1. The van der Waals surface area contributed by atoms with Crippen LogP contribution in [-0.2, 0) is 6.18 Å². The standard InChI is InChI=1S/C14H15F3N2/c1-4-9(2)10(3)19-12-6-5-11(8-18)13(7-12)14(15,16)17/h5-7,9,19H,3-4H2,1-2H3. The van der Waals surface area contributed by atoms with Gasteiger partial charge in [0.05, 0.1) is 17.2 Å². The van der Waals surface area contributed by atoms with Gasteiger partial charge < -0.3 is 5.32 Å². The monoisotopic (exact) mass is 268 g/mol. The fourth-order valence-electron chi connectivity index (χ4n) is 1.51. The lowest BCUT2D eigenvalue weighted by molar-refractivity contribution is -0.137. The number of nitrogens with one attached hydrogen (secondary N) is 1. The van der Waals surface area contributed by atoms with Crippen molar-refractivity contribution in [3.63, 3.8) is 0 Å². The third-order valence-electron chi connectivity index (χ3n) is 2.96. The van der Waals surface area contributed by atoms with Crippen molar-refractivity contribution in [2.45, 2.75) is 26.4 Å². The quantitative estimate of drug-likeness (QED) is 0.869. The highest BCUT2D eigenvalue weighted by Gasteiger charge is 2.33. The normalized spacial score (nSPS) is 12.6. The van der Waals surface area contributed by atoms with E-state index in [1.807, 2.05) is 13.8 Å². The Morgan fingerprint density at radius 2 is 2.11 bits per heavy atom. The number of rotatable bonds is 4. The molecule has 19 heavy (non-hydrogen) atoms. The van der Waals surface area contributed by atoms with Crippen molar-refractivity contribution >= 4 is 5.69 Å². The summed E-state index contributed by atoms with van der Waals surface area (Å²) in [6.45, 7) is 7.70. The molecule has 0 saturated carbocycles. The van der Waals surface area contributed by atoms with E-state index in [0.717, 1.165) is 18.6 Å². The minimum absolute atomic E-state index is 0.157. The van der Waals surface area contributed by atoms with E-state index in [2.05, 4.69) is 11.9 Å². The van der Waals surface area contributed by atoms with Gasteiger partial charge in [-0.05, 0) is 30.5 Å². The summed E-state index contributed by atoms with van der Waals surface area (Å²) < 4.78 is 38.3. The van der Waals surface area contributed by atoms with Gasteiger partial charge in [-0.25, -0.2) is 0 Å². The first-order valence-corrected chi connectivity index (χ1v) is 5.86. The maximum Gasteiger partial charge on any atom is 0.417 e. The van der Waals surface area contributed by atoms with Gasteiger partial charge >= 0.3 is 6.18 Å². The second-order valence-corrected chi connectivity index (χ2v) is 4.33. The van der Waals surface area contributed by atoms with Crippen LogP contribution in [0.2, 0.25) is 0 Å². The zero-order valence-electron chi connectivity index (χ0n) is 10.8. The molecule has 0 aliphatic carbocycles. The number of alkyl halides is 3. The number of hydrogen-bond acceptors (Lipinski definition) is 2. The van der Waals surface area contributed by atoms with Crippen LogP contribution in [-0.4, -0.2) is 0 Å². The zero-order valence-corrected chi connectivity index (χ0v) is 10.8. The molecule has 0 aromatic heterocycles. The average molecular weight is 268 g/mol. The number of hydrogen-bond donors (Lipinski definition) is 1. The van der Waals surface area contributed by atoms with Crippen LogP contribution < -0.4 is 5.32 Å². The van der Waals surface area contributed by atoms with E-state index in [9.17, 15) is 13.2 Å². The molecular weight excluding hydrogens is 253 g/mol. The second-order valence-electron chi connectivity index (χ2n) is 4.33. The molecule has 0 saturated heterocycles. The summed E-state index contributed by atoms with van der Waals surface area (Å²) in [6.07, 6.45) is -3.70. The number of nitriles is 1. The Balaban J connectivity index is 3.07. The summed E-state index contributed by atoms with van der Waals surface area (Å²) in [7, 11) is 0. The molecule has 5 heteroatoms. The summed E-state index contributed by atoms with van der Waals surface area (Å²) in [5, 5.41) is 11.5. The smallest absolute Gasteiger partial charge is 0.359 e. The molecule has 0 spiro atoms. The average Bonchev–Trinajstić information content (AvgIpc) is 2.36. The lowest BCUT2D eigenvalue weighted by Crippen LogP contribution is -2.11. The Kier molecular flexibility index (Phi) is 4.60. The van der Waals surface area contributed by atoms with Crippen LogP contribution >= 0.6 is 0 Å². The van der Waals surface area contributed by atoms with E-state index in [1.54, 1.807) is 6.07 Å². The summed E-state index contributed by atoms with van der Waals surface area (Å²) >= 11 is 0. The van der Waals surface area contributed by atoms with E-state index < -0.39 is 11.7 Å². The van der Waals surface area contributed by atoms with Gasteiger partial charge in [0.1, 0.15) is 0 Å². The van der Waals surface area contributed by atoms with Crippen LogP contribution in [0.5, 0.6) is 0 Å². The molecule has 0 heterocycles. The van der Waals surface area contributed by atoms with Crippen LogP contribution in [0.1, 0.15) is 31.4 Å². The van der Waals surface area contributed by atoms with E-state index in [0.29, 0.717) is 5.70 Å². The molecule has 1 unspecified atom stereocenters. The van der Waals surface area contributed by atoms with Gasteiger partial charge in [-0.15, -0.1) is 0 Å². The molecule has 2 nitrogen and oxygen atoms in total. The lowest BCUT2D eigenvalue weighted by atomic mass is 10.0. The van der Waals surface area contributed by atoms with Crippen molar-refractivity contribution in [1.29, 1.82) is 5.26 Å². The van der Waals surface area contributed by atoms with Crippen LogP contribution in [0.3, 0.4) is 0 Å². The summed E-state index contributed by atoms with van der Waals surface area (Å²) in [6, 6.07) is 5.09. The van der Waals surface area contributed by atoms with Gasteiger partial charge in [0, 0.05) is 11.4 Å². The van der Waals surface area contributed by atoms with Crippen LogP contribution in [0.4, 0.5) is 18.9 Å². The predicted molar refractivity (Wildman–Crippen MR) is 68.4 cm³/mol. The first-order chi connectivity index (χ1) is 8.79. The number of benzene rings is 1. The minimum atomic E-state index is -4.54. The van der Waals surface area contributed by atoms with E-state index >= 15 is 0 Å². The number of nitrogens with zero attached hydrogens (tertiary/aromatic N) is 1. The van der Waals surface area contributed by atoms with Crippen molar-refractivity contribution in [3.05, 3.63) is 41.6 Å². The third kappa shape index (κ3) is 3.75. The maximum atomic E-state index is 12.8. The molecule has 0 radical (unpaired) electrons. The first kappa shape index (κ1) is 15.1. The van der Waals surface area contributed by atoms with E-state index in [1.165, 1.54) is 6.07 Å². The molecule has 1 rings (SSSR count). The van der Waals surface area contributed by atoms with Gasteiger partial charge in [-0.3, -0.25) is 0 Å². The van der Waals surface area contributed by atoms with Crippen LogP contribution in [0.25, 0.3) is 0 Å². The number of allylic oxidation sites excluding steroid dienone is 1. The Hall–Kier alpha value is -1.96. The minimum Gasteiger partial charge on any atom is -0.359 e. The molecule has 1 aromatic carbocycles. The summed E-state index contributed by atoms with van der Waals surface area (Å²) in [5.41, 5.74) is -0.374. The van der Waals surface area contributed by atoms with E-state index in [-0.39, 0.29) is 17.2 Å². The van der Waals surface area contributed by atoms with Gasteiger partial charge in [0.2, 0.25) is 0 Å². The highest BCUT2D eigenvalue weighted by atomic mass is 19.4. The third-order valence-corrected chi connectivity index (χ3v) is 2.96. The maximum absolute atomic E-state index is 12.8. The second kappa shape index (κ2) is 5.79. The molecule has 0 aliphatic heterocycles. The zero-order chi connectivity index (χ0) is 14.6. The molecule has 0 aliphatic rings. The Labute approximate surface area is 110 Å². The van der Waals surface area contributed by atoms with Crippen molar-refractivity contribution < 1.29 is 13.2 Å². The largest absolute Gasteiger partial charge is 0.417 e. The molecule has 1 N–H and O–H groups in total. The Morgan fingerprint density at radius 3 is 2.58 bits per heavy atom. The van der Waals surface area contributed by atoms with Gasteiger partial charge in [-0.1, -0.05) is 20.4 Å². The Bertz CT molecular complexity index is 512. The summed E-state index contributed by atoms with van der Waals surface area (Å²) in [5.74, 6) is 0.157. The highest BCUT2D eigenvalue weighted by Crippen LogP contribution is 2.34. The van der Waals surface area contributed by atoms with Crippen LogP contribution in [0, 0.1) is 17.2 Å².